The lowest BCUT2D eigenvalue weighted by Gasteiger charge is -2.08. The van der Waals surface area contributed by atoms with Crippen molar-refractivity contribution in [2.45, 2.75) is 6.54 Å². The molecule has 0 spiro atoms. The number of hydrogen-bond acceptors (Lipinski definition) is 4. The summed E-state index contributed by atoms with van der Waals surface area (Å²) < 4.78 is 13.0. The summed E-state index contributed by atoms with van der Waals surface area (Å²) in [6.45, 7) is 0.324. The van der Waals surface area contributed by atoms with Crippen LogP contribution in [-0.4, -0.2) is 11.3 Å². The lowest BCUT2D eigenvalue weighted by Crippen LogP contribution is -1.99. The molecule has 0 atom stereocenters. The summed E-state index contributed by atoms with van der Waals surface area (Å²) in [4.78, 5) is 7.61. The second-order valence-electron chi connectivity index (χ2n) is 3.93. The Hall–Kier alpha value is -2.47. The fraction of sp³-hybridized carbons (Fsp3) is 0.0769. The van der Waals surface area contributed by atoms with Crippen LogP contribution in [-0.2, 0) is 6.54 Å². The first-order chi connectivity index (χ1) is 9.15. The summed E-state index contributed by atoms with van der Waals surface area (Å²) in [5.74, 6) is -0.674. The lowest BCUT2D eigenvalue weighted by atomic mass is 10.0. The second kappa shape index (κ2) is 5.45. The van der Waals surface area contributed by atoms with Gasteiger partial charge in [-0.15, -0.1) is 0 Å². The van der Waals surface area contributed by atoms with Gasteiger partial charge in [0.2, 0.25) is 5.95 Å². The van der Waals surface area contributed by atoms with Crippen LogP contribution in [0.4, 0.5) is 15.8 Å². The Balaban J connectivity index is 2.48. The Morgan fingerprint density at radius 3 is 2.68 bits per heavy atom. The average Bonchev–Trinajstić information content (AvgIpc) is 2.42. The van der Waals surface area contributed by atoms with Gasteiger partial charge in [-0.2, -0.15) is 4.39 Å². The molecule has 0 saturated carbocycles. The number of hydrogen-bond donors (Lipinski definition) is 3. The molecule has 2 aromatic rings. The minimum atomic E-state index is -0.674. The maximum atomic E-state index is 13.0. The van der Waals surface area contributed by atoms with E-state index in [4.69, 9.17) is 17.2 Å². The van der Waals surface area contributed by atoms with E-state index in [1.165, 1.54) is 18.6 Å². The monoisotopic (exact) mass is 259 g/mol. The molecule has 0 radical (unpaired) electrons. The number of benzene rings is 1. The van der Waals surface area contributed by atoms with Gasteiger partial charge in [0.25, 0.3) is 0 Å². The number of aliphatic imine (C=N–C) groups is 1. The van der Waals surface area contributed by atoms with Gasteiger partial charge in [0.05, 0.1) is 17.7 Å². The molecule has 0 saturated heterocycles. The molecule has 0 aliphatic rings. The minimum absolute atomic E-state index is 0.0101. The standard InChI is InChI=1S/C13H14FN5/c14-13-11(17)4-10(6-18-13)8-1-2-12(19-7-16)9(3-8)5-15/h1-4,6-7H,5,15,17H2,(H2,16,19). The highest BCUT2D eigenvalue weighted by atomic mass is 19.1. The summed E-state index contributed by atoms with van der Waals surface area (Å²) >= 11 is 0. The Bertz CT molecular complexity index is 624. The average molecular weight is 259 g/mol. The summed E-state index contributed by atoms with van der Waals surface area (Å²) in [7, 11) is 0. The fourth-order valence-corrected chi connectivity index (χ4v) is 1.76. The van der Waals surface area contributed by atoms with Gasteiger partial charge in [0, 0.05) is 18.3 Å². The van der Waals surface area contributed by atoms with Crippen LogP contribution >= 0.6 is 0 Å². The van der Waals surface area contributed by atoms with Crippen molar-refractivity contribution in [2.75, 3.05) is 5.73 Å². The predicted molar refractivity (Wildman–Crippen MR) is 74.3 cm³/mol. The number of nitrogens with two attached hydrogens (primary N) is 3. The van der Waals surface area contributed by atoms with Crippen LogP contribution in [0, 0.1) is 5.95 Å². The van der Waals surface area contributed by atoms with Crippen molar-refractivity contribution < 1.29 is 4.39 Å². The van der Waals surface area contributed by atoms with Crippen molar-refractivity contribution in [3.05, 3.63) is 42.0 Å². The molecule has 1 aromatic carbocycles. The molecule has 0 unspecified atom stereocenters. The molecule has 0 aliphatic heterocycles. The smallest absolute Gasteiger partial charge is 0.236 e. The van der Waals surface area contributed by atoms with Gasteiger partial charge in [-0.1, -0.05) is 6.07 Å². The summed E-state index contributed by atoms with van der Waals surface area (Å²) in [5, 5.41) is 0. The Morgan fingerprint density at radius 1 is 1.26 bits per heavy atom. The fourth-order valence-electron chi connectivity index (χ4n) is 1.76. The third kappa shape index (κ3) is 2.69. The molecule has 6 heteroatoms. The number of halogens is 1. The molecule has 6 N–H and O–H groups in total. The van der Waals surface area contributed by atoms with E-state index in [1.54, 1.807) is 6.07 Å². The van der Waals surface area contributed by atoms with E-state index in [-0.39, 0.29) is 5.69 Å². The molecule has 5 nitrogen and oxygen atoms in total. The first kappa shape index (κ1) is 13.0. The second-order valence-corrected chi connectivity index (χ2v) is 3.93. The zero-order chi connectivity index (χ0) is 13.8. The van der Waals surface area contributed by atoms with Crippen molar-refractivity contribution in [3.63, 3.8) is 0 Å². The Kier molecular flexibility index (Phi) is 3.72. The van der Waals surface area contributed by atoms with Crippen LogP contribution in [0.15, 0.2) is 35.5 Å². The van der Waals surface area contributed by atoms with Crippen molar-refractivity contribution in [2.24, 2.45) is 16.5 Å². The predicted octanol–water partition coefficient (Wildman–Crippen LogP) is 1.55. The van der Waals surface area contributed by atoms with Crippen molar-refractivity contribution in [1.82, 2.24) is 4.98 Å². The molecule has 0 fully saturated rings. The van der Waals surface area contributed by atoms with Crippen molar-refractivity contribution in [3.8, 4) is 11.1 Å². The van der Waals surface area contributed by atoms with E-state index in [0.717, 1.165) is 16.7 Å². The number of nitrogen functional groups attached to an aromatic ring is 1. The van der Waals surface area contributed by atoms with Crippen LogP contribution in [0.25, 0.3) is 11.1 Å². The lowest BCUT2D eigenvalue weighted by molar-refractivity contribution is 0.589. The molecule has 19 heavy (non-hydrogen) atoms. The molecular formula is C13H14FN5. The van der Waals surface area contributed by atoms with Crippen LogP contribution in [0.3, 0.4) is 0 Å². The minimum Gasteiger partial charge on any atom is -0.395 e. The van der Waals surface area contributed by atoms with E-state index < -0.39 is 5.95 Å². The zero-order valence-corrected chi connectivity index (χ0v) is 10.2. The van der Waals surface area contributed by atoms with E-state index >= 15 is 0 Å². The third-order valence-corrected chi connectivity index (χ3v) is 2.71. The van der Waals surface area contributed by atoms with Gasteiger partial charge in [0.1, 0.15) is 0 Å². The molecular weight excluding hydrogens is 245 g/mol. The zero-order valence-electron chi connectivity index (χ0n) is 10.2. The summed E-state index contributed by atoms with van der Waals surface area (Å²) in [6, 6.07) is 7.01. The number of anilines is 1. The van der Waals surface area contributed by atoms with Gasteiger partial charge in [0.15, 0.2) is 0 Å². The van der Waals surface area contributed by atoms with Crippen molar-refractivity contribution >= 4 is 17.7 Å². The van der Waals surface area contributed by atoms with Gasteiger partial charge in [-0.25, -0.2) is 9.98 Å². The number of aromatic nitrogens is 1. The molecule has 1 aromatic heterocycles. The Labute approximate surface area is 110 Å². The highest BCUT2D eigenvalue weighted by molar-refractivity contribution is 5.71. The number of nitrogens with zero attached hydrogens (tertiary/aromatic N) is 2. The SMILES string of the molecule is NC=Nc1ccc(-c2cnc(F)c(N)c2)cc1CN. The van der Waals surface area contributed by atoms with E-state index in [2.05, 4.69) is 9.98 Å². The van der Waals surface area contributed by atoms with Crippen molar-refractivity contribution in [1.29, 1.82) is 0 Å². The van der Waals surface area contributed by atoms with E-state index in [0.29, 0.717) is 12.2 Å². The van der Waals surface area contributed by atoms with Gasteiger partial charge in [-0.05, 0) is 29.3 Å². The Morgan fingerprint density at radius 2 is 2.05 bits per heavy atom. The van der Waals surface area contributed by atoms with Gasteiger partial charge in [-0.3, -0.25) is 0 Å². The number of rotatable bonds is 3. The molecule has 0 aliphatic carbocycles. The largest absolute Gasteiger partial charge is 0.395 e. The molecule has 1 heterocycles. The molecule has 2 rings (SSSR count). The normalized spacial score (nSPS) is 11.1. The maximum absolute atomic E-state index is 13.0. The highest BCUT2D eigenvalue weighted by Crippen LogP contribution is 2.27. The highest BCUT2D eigenvalue weighted by Gasteiger charge is 2.06. The molecule has 98 valence electrons. The first-order valence-electron chi connectivity index (χ1n) is 5.64. The summed E-state index contributed by atoms with van der Waals surface area (Å²) in [6.07, 6.45) is 2.64. The van der Waals surface area contributed by atoms with Gasteiger partial charge >= 0.3 is 0 Å². The van der Waals surface area contributed by atoms with E-state index in [9.17, 15) is 4.39 Å². The molecule has 0 bridgehead atoms. The number of pyridine rings is 1. The first-order valence-corrected chi connectivity index (χ1v) is 5.64. The third-order valence-electron chi connectivity index (χ3n) is 2.71. The topological polar surface area (TPSA) is 103 Å². The van der Waals surface area contributed by atoms with Crippen LogP contribution in [0.2, 0.25) is 0 Å². The van der Waals surface area contributed by atoms with Gasteiger partial charge < -0.3 is 17.2 Å². The van der Waals surface area contributed by atoms with E-state index in [1.807, 2.05) is 12.1 Å². The van der Waals surface area contributed by atoms with Crippen LogP contribution in [0.5, 0.6) is 0 Å². The molecule has 0 amide bonds. The maximum Gasteiger partial charge on any atom is 0.236 e. The quantitative estimate of drug-likeness (QED) is 0.442. The summed E-state index contributed by atoms with van der Waals surface area (Å²) in [5.41, 5.74) is 19.6. The van der Waals surface area contributed by atoms with Crippen LogP contribution < -0.4 is 17.2 Å². The van der Waals surface area contributed by atoms with Crippen LogP contribution in [0.1, 0.15) is 5.56 Å².